The van der Waals surface area contributed by atoms with Gasteiger partial charge in [-0.15, -0.1) is 0 Å². The summed E-state index contributed by atoms with van der Waals surface area (Å²) in [5, 5.41) is 8.82. The summed E-state index contributed by atoms with van der Waals surface area (Å²) in [4.78, 5) is 15.6. The largest absolute Gasteiger partial charge is 0.481 e. The van der Waals surface area contributed by atoms with Crippen LogP contribution in [0.4, 0.5) is 0 Å². The molecule has 0 spiro atoms. The molecule has 5 nitrogen and oxygen atoms in total. The highest BCUT2D eigenvalue weighted by molar-refractivity contribution is 7.91. The van der Waals surface area contributed by atoms with Crippen molar-refractivity contribution in [3.63, 3.8) is 0 Å². The molecule has 0 unspecified atom stereocenters. The molecule has 1 N–H and O–H groups in total. The summed E-state index contributed by atoms with van der Waals surface area (Å²) in [5.74, 6) is 0.618. The summed E-state index contributed by atoms with van der Waals surface area (Å²) in [6, 6.07) is 9.98. The molecule has 3 aliphatic rings. The van der Waals surface area contributed by atoms with Crippen molar-refractivity contribution in [1.82, 2.24) is 4.98 Å². The van der Waals surface area contributed by atoms with Crippen LogP contribution in [0.3, 0.4) is 0 Å². The lowest BCUT2D eigenvalue weighted by Gasteiger charge is -2.50. The molecular formula is C28H33NO4S. The van der Waals surface area contributed by atoms with Gasteiger partial charge in [0, 0.05) is 18.3 Å². The van der Waals surface area contributed by atoms with Crippen molar-refractivity contribution in [3.8, 4) is 0 Å². The standard InChI is InChI=1S/C28H33NO4S/c1-18-5-6-20(17-29-18)25-11-12-26-24-9-7-19-16-21(34(32,33)15-3-4-27(30)31)8-10-22(19)23(24)13-14-28(25,26)2/h5-6,8,10-11,16-17,23-24,26H,3-4,7,9,12-15H2,1-2H3,(H,30,31)/t23-,24-,26+,28-/m1/s1. The summed E-state index contributed by atoms with van der Waals surface area (Å²) in [5.41, 5.74) is 6.41. The van der Waals surface area contributed by atoms with E-state index in [1.165, 1.54) is 16.7 Å². The molecule has 3 aliphatic carbocycles. The smallest absolute Gasteiger partial charge is 0.303 e. The molecule has 6 heteroatoms. The number of aromatic nitrogens is 1. The first-order valence-corrected chi connectivity index (χ1v) is 14.1. The van der Waals surface area contributed by atoms with E-state index in [4.69, 9.17) is 5.11 Å². The summed E-state index contributed by atoms with van der Waals surface area (Å²) in [6.07, 6.45) is 9.84. The van der Waals surface area contributed by atoms with E-state index in [9.17, 15) is 13.2 Å². The number of carboxylic acids is 1. The van der Waals surface area contributed by atoms with E-state index in [0.29, 0.717) is 22.6 Å². The quantitative estimate of drug-likeness (QED) is 0.585. The van der Waals surface area contributed by atoms with E-state index in [0.717, 1.165) is 43.4 Å². The molecule has 1 heterocycles. The van der Waals surface area contributed by atoms with Crippen molar-refractivity contribution in [1.29, 1.82) is 0 Å². The Hall–Kier alpha value is -2.47. The predicted molar refractivity (Wildman–Crippen MR) is 132 cm³/mol. The monoisotopic (exact) mass is 479 g/mol. The molecule has 34 heavy (non-hydrogen) atoms. The molecule has 1 fully saturated rings. The molecule has 0 bridgehead atoms. The van der Waals surface area contributed by atoms with Gasteiger partial charge in [0.05, 0.1) is 10.6 Å². The third kappa shape index (κ3) is 4.00. The van der Waals surface area contributed by atoms with Crippen molar-refractivity contribution < 1.29 is 18.3 Å². The van der Waals surface area contributed by atoms with Crippen LogP contribution in [0, 0.1) is 24.2 Å². The highest BCUT2D eigenvalue weighted by atomic mass is 32.2. The van der Waals surface area contributed by atoms with Gasteiger partial charge in [0.1, 0.15) is 0 Å². The maximum absolute atomic E-state index is 12.8. The third-order valence-electron chi connectivity index (χ3n) is 8.66. The van der Waals surface area contributed by atoms with Gasteiger partial charge in [0.25, 0.3) is 0 Å². The fourth-order valence-corrected chi connectivity index (χ4v) is 8.28. The number of carboxylic acid groups (broad SMARTS) is 1. The molecule has 1 saturated carbocycles. The maximum Gasteiger partial charge on any atom is 0.303 e. The van der Waals surface area contributed by atoms with Crippen molar-refractivity contribution in [3.05, 3.63) is 65.0 Å². The Kier molecular flexibility index (Phi) is 5.91. The first-order chi connectivity index (χ1) is 16.2. The van der Waals surface area contributed by atoms with Crippen LogP contribution < -0.4 is 0 Å². The van der Waals surface area contributed by atoms with Gasteiger partial charge in [-0.25, -0.2) is 8.42 Å². The lowest BCUT2D eigenvalue weighted by molar-refractivity contribution is -0.137. The fourth-order valence-electron chi connectivity index (χ4n) is 6.93. The Bertz CT molecular complexity index is 1250. The first kappa shape index (κ1) is 23.3. The Balaban J connectivity index is 1.36. The van der Waals surface area contributed by atoms with Gasteiger partial charge in [-0.1, -0.05) is 25.1 Å². The van der Waals surface area contributed by atoms with Gasteiger partial charge in [-0.3, -0.25) is 9.78 Å². The van der Waals surface area contributed by atoms with Gasteiger partial charge in [0.15, 0.2) is 9.84 Å². The normalized spacial score (nSPS) is 27.9. The number of rotatable bonds is 6. The molecule has 180 valence electrons. The Morgan fingerprint density at radius 1 is 1.21 bits per heavy atom. The van der Waals surface area contributed by atoms with E-state index in [-0.39, 0.29) is 24.0 Å². The highest BCUT2D eigenvalue weighted by Gasteiger charge is 2.51. The van der Waals surface area contributed by atoms with Gasteiger partial charge in [-0.05, 0) is 109 Å². The average Bonchev–Trinajstić information content (AvgIpc) is 3.16. The van der Waals surface area contributed by atoms with Crippen LogP contribution in [0.25, 0.3) is 5.57 Å². The molecule has 1 aromatic carbocycles. The number of hydrogen-bond donors (Lipinski definition) is 1. The van der Waals surface area contributed by atoms with Crippen molar-refractivity contribution >= 4 is 21.4 Å². The van der Waals surface area contributed by atoms with E-state index in [1.807, 2.05) is 25.3 Å². The highest BCUT2D eigenvalue weighted by Crippen LogP contribution is 2.63. The third-order valence-corrected chi connectivity index (χ3v) is 10.5. The lowest BCUT2D eigenvalue weighted by Crippen LogP contribution is -2.41. The van der Waals surface area contributed by atoms with E-state index < -0.39 is 15.8 Å². The van der Waals surface area contributed by atoms with Gasteiger partial charge in [-0.2, -0.15) is 0 Å². The molecule has 0 saturated heterocycles. The first-order valence-electron chi connectivity index (χ1n) is 12.4. The summed E-state index contributed by atoms with van der Waals surface area (Å²) < 4.78 is 25.5. The van der Waals surface area contributed by atoms with Crippen LogP contribution in [-0.4, -0.2) is 30.2 Å². The molecule has 5 rings (SSSR count). The number of pyridine rings is 1. The Morgan fingerprint density at radius 2 is 2.03 bits per heavy atom. The average molecular weight is 480 g/mol. The van der Waals surface area contributed by atoms with E-state index >= 15 is 0 Å². The van der Waals surface area contributed by atoms with Crippen LogP contribution in [-0.2, 0) is 21.1 Å². The molecule has 0 aliphatic heterocycles. The second kappa shape index (κ2) is 8.63. The minimum Gasteiger partial charge on any atom is -0.481 e. The molecular weight excluding hydrogens is 446 g/mol. The topological polar surface area (TPSA) is 84.3 Å². The molecule has 0 amide bonds. The van der Waals surface area contributed by atoms with Crippen LogP contribution >= 0.6 is 0 Å². The van der Waals surface area contributed by atoms with Crippen molar-refractivity contribution in [2.75, 3.05) is 5.75 Å². The Labute approximate surface area is 202 Å². The number of hydrogen-bond acceptors (Lipinski definition) is 4. The van der Waals surface area contributed by atoms with Crippen LogP contribution in [0.1, 0.15) is 73.8 Å². The number of carbonyl (C=O) groups is 1. The maximum atomic E-state index is 12.8. The number of fused-ring (bicyclic) bond motifs is 5. The van der Waals surface area contributed by atoms with Crippen LogP contribution in [0.5, 0.6) is 0 Å². The summed E-state index contributed by atoms with van der Waals surface area (Å²) in [6.45, 7) is 4.46. The van der Waals surface area contributed by atoms with Crippen LogP contribution in [0.2, 0.25) is 0 Å². The number of sulfone groups is 1. The molecule has 1 aromatic heterocycles. The minimum absolute atomic E-state index is 0.118. The van der Waals surface area contributed by atoms with Crippen LogP contribution in [0.15, 0.2) is 47.5 Å². The molecule has 4 atom stereocenters. The van der Waals surface area contributed by atoms with Gasteiger partial charge < -0.3 is 5.11 Å². The SMILES string of the molecule is Cc1ccc(C2=CC[C@H]3[C@@H]4CCc5cc(S(=O)(=O)CCCC(=O)O)ccc5[C@H]4CC[C@]23C)cn1. The van der Waals surface area contributed by atoms with E-state index in [1.54, 1.807) is 6.07 Å². The summed E-state index contributed by atoms with van der Waals surface area (Å²) >= 11 is 0. The predicted octanol–water partition coefficient (Wildman–Crippen LogP) is 5.58. The van der Waals surface area contributed by atoms with Crippen molar-refractivity contribution in [2.24, 2.45) is 17.3 Å². The zero-order chi connectivity index (χ0) is 24.1. The number of allylic oxidation sites excluding steroid dienone is 2. The second-order valence-electron chi connectivity index (χ2n) is 10.6. The number of nitrogens with zero attached hydrogens (tertiary/aromatic N) is 1. The zero-order valence-electron chi connectivity index (χ0n) is 20.0. The Morgan fingerprint density at radius 3 is 2.76 bits per heavy atom. The summed E-state index contributed by atoms with van der Waals surface area (Å²) in [7, 11) is -3.46. The van der Waals surface area contributed by atoms with Crippen molar-refractivity contribution in [2.45, 2.75) is 69.6 Å². The fraction of sp³-hybridized carbons (Fsp3) is 0.500. The number of aryl methyl sites for hydroxylation is 2. The minimum atomic E-state index is -3.46. The number of benzene rings is 1. The van der Waals surface area contributed by atoms with Gasteiger partial charge >= 0.3 is 5.97 Å². The second-order valence-corrected chi connectivity index (χ2v) is 12.7. The van der Waals surface area contributed by atoms with Gasteiger partial charge in [0.2, 0.25) is 0 Å². The number of aliphatic carboxylic acids is 1. The van der Waals surface area contributed by atoms with E-state index in [2.05, 4.69) is 30.1 Å². The molecule has 0 radical (unpaired) electrons. The lowest BCUT2D eigenvalue weighted by atomic mass is 9.54. The molecule has 2 aromatic rings. The zero-order valence-corrected chi connectivity index (χ0v) is 20.8.